The van der Waals surface area contributed by atoms with Crippen LogP contribution in [0.3, 0.4) is 0 Å². The van der Waals surface area contributed by atoms with Gasteiger partial charge < -0.3 is 15.0 Å². The van der Waals surface area contributed by atoms with Gasteiger partial charge in [0.25, 0.3) is 0 Å². The number of carbonyl (C=O) groups is 1. The first kappa shape index (κ1) is 15.4. The van der Waals surface area contributed by atoms with Gasteiger partial charge in [-0.15, -0.1) is 0 Å². The van der Waals surface area contributed by atoms with Gasteiger partial charge in [-0.05, 0) is 33.7 Å². The van der Waals surface area contributed by atoms with Crippen molar-refractivity contribution in [1.29, 1.82) is 0 Å². The van der Waals surface area contributed by atoms with Crippen molar-refractivity contribution < 1.29 is 9.53 Å². The van der Waals surface area contributed by atoms with Gasteiger partial charge >= 0.3 is 0 Å². The van der Waals surface area contributed by atoms with Crippen LogP contribution in [0.25, 0.3) is 0 Å². The molecule has 1 amide bonds. The molecule has 0 radical (unpaired) electrons. The van der Waals surface area contributed by atoms with Gasteiger partial charge in [0.05, 0.1) is 5.60 Å². The van der Waals surface area contributed by atoms with Crippen molar-refractivity contribution in [1.82, 2.24) is 10.2 Å². The zero-order chi connectivity index (χ0) is 12.6. The standard InChI is InChI=1S/C12H26N2O2/c1-6-16-12(2,3)10-13-9-7-8-11(15)14(4)5/h13H,6-10H2,1-5H3. The third-order valence-corrected chi connectivity index (χ3v) is 2.33. The molecule has 0 saturated carbocycles. The number of hydrogen-bond acceptors (Lipinski definition) is 3. The minimum absolute atomic E-state index is 0.125. The van der Waals surface area contributed by atoms with Crippen molar-refractivity contribution in [3.8, 4) is 0 Å². The predicted octanol–water partition coefficient (Wildman–Crippen LogP) is 1.26. The van der Waals surface area contributed by atoms with Crippen molar-refractivity contribution in [2.24, 2.45) is 0 Å². The highest BCUT2D eigenvalue weighted by molar-refractivity contribution is 5.75. The lowest BCUT2D eigenvalue weighted by Gasteiger charge is -2.25. The molecule has 0 rings (SSSR count). The second-order valence-corrected chi connectivity index (χ2v) is 4.76. The van der Waals surface area contributed by atoms with E-state index >= 15 is 0 Å². The second kappa shape index (κ2) is 7.63. The van der Waals surface area contributed by atoms with Gasteiger partial charge in [0.15, 0.2) is 0 Å². The van der Waals surface area contributed by atoms with E-state index in [0.29, 0.717) is 6.42 Å². The smallest absolute Gasteiger partial charge is 0.222 e. The Balaban J connectivity index is 3.50. The highest BCUT2D eigenvalue weighted by Gasteiger charge is 2.16. The molecule has 0 aromatic rings. The van der Waals surface area contributed by atoms with Crippen LogP contribution in [0.15, 0.2) is 0 Å². The van der Waals surface area contributed by atoms with E-state index in [2.05, 4.69) is 19.2 Å². The summed E-state index contributed by atoms with van der Waals surface area (Å²) in [6.45, 7) is 8.53. The molecule has 0 aromatic heterocycles. The minimum atomic E-state index is -0.125. The summed E-state index contributed by atoms with van der Waals surface area (Å²) in [6, 6.07) is 0. The Hall–Kier alpha value is -0.610. The lowest BCUT2D eigenvalue weighted by molar-refractivity contribution is -0.128. The molecule has 4 nitrogen and oxygen atoms in total. The third kappa shape index (κ3) is 7.65. The summed E-state index contributed by atoms with van der Waals surface area (Å²) < 4.78 is 5.56. The Kier molecular flexibility index (Phi) is 7.34. The first-order valence-electron chi connectivity index (χ1n) is 5.94. The lowest BCUT2D eigenvalue weighted by atomic mass is 10.1. The van der Waals surface area contributed by atoms with Crippen molar-refractivity contribution in [2.75, 3.05) is 33.8 Å². The fourth-order valence-corrected chi connectivity index (χ4v) is 1.42. The molecule has 0 aromatic carbocycles. The fourth-order valence-electron chi connectivity index (χ4n) is 1.42. The molecule has 0 spiro atoms. The van der Waals surface area contributed by atoms with Gasteiger partial charge in [0.1, 0.15) is 0 Å². The molecule has 16 heavy (non-hydrogen) atoms. The molecule has 0 aliphatic carbocycles. The predicted molar refractivity (Wildman–Crippen MR) is 66.5 cm³/mol. The molecular weight excluding hydrogens is 204 g/mol. The van der Waals surface area contributed by atoms with Crippen LogP contribution >= 0.6 is 0 Å². The van der Waals surface area contributed by atoms with Crippen LogP contribution in [0.4, 0.5) is 0 Å². The van der Waals surface area contributed by atoms with Crippen molar-refractivity contribution >= 4 is 5.91 Å². The minimum Gasteiger partial charge on any atom is -0.375 e. The molecule has 0 bridgehead atoms. The molecule has 96 valence electrons. The first-order valence-corrected chi connectivity index (χ1v) is 5.94. The molecule has 0 heterocycles. The van der Waals surface area contributed by atoms with Gasteiger partial charge in [-0.1, -0.05) is 0 Å². The van der Waals surface area contributed by atoms with Gasteiger partial charge in [-0.25, -0.2) is 0 Å². The van der Waals surface area contributed by atoms with Crippen LogP contribution in [0, 0.1) is 0 Å². The van der Waals surface area contributed by atoms with E-state index in [1.54, 1.807) is 19.0 Å². The van der Waals surface area contributed by atoms with Crippen molar-refractivity contribution in [3.05, 3.63) is 0 Å². The van der Waals surface area contributed by atoms with E-state index in [4.69, 9.17) is 4.74 Å². The number of ether oxygens (including phenoxy) is 1. The van der Waals surface area contributed by atoms with E-state index in [1.807, 2.05) is 6.92 Å². The molecule has 0 aliphatic rings. The van der Waals surface area contributed by atoms with Crippen LogP contribution < -0.4 is 5.32 Å². The van der Waals surface area contributed by atoms with Crippen molar-refractivity contribution in [2.45, 2.75) is 39.2 Å². The van der Waals surface area contributed by atoms with E-state index in [9.17, 15) is 4.79 Å². The quantitative estimate of drug-likeness (QED) is 0.638. The summed E-state index contributed by atoms with van der Waals surface area (Å²) in [5, 5.41) is 3.31. The number of nitrogens with zero attached hydrogens (tertiary/aromatic N) is 1. The van der Waals surface area contributed by atoms with Gasteiger partial charge in [-0.3, -0.25) is 4.79 Å². The Morgan fingerprint density at radius 3 is 2.50 bits per heavy atom. The number of hydrogen-bond donors (Lipinski definition) is 1. The van der Waals surface area contributed by atoms with Crippen LogP contribution in [-0.4, -0.2) is 50.2 Å². The Bertz CT molecular complexity index is 203. The SMILES string of the molecule is CCOC(C)(C)CNCCCC(=O)N(C)C. The van der Waals surface area contributed by atoms with E-state index in [1.165, 1.54) is 0 Å². The van der Waals surface area contributed by atoms with E-state index in [0.717, 1.165) is 26.1 Å². The average Bonchev–Trinajstić information content (AvgIpc) is 2.16. The highest BCUT2D eigenvalue weighted by Crippen LogP contribution is 2.06. The van der Waals surface area contributed by atoms with Crippen molar-refractivity contribution in [3.63, 3.8) is 0 Å². The summed E-state index contributed by atoms with van der Waals surface area (Å²) in [5.74, 6) is 0.186. The maximum atomic E-state index is 11.3. The monoisotopic (exact) mass is 230 g/mol. The molecule has 4 heteroatoms. The average molecular weight is 230 g/mol. The first-order chi connectivity index (χ1) is 7.39. The van der Waals surface area contributed by atoms with Gasteiger partial charge in [0.2, 0.25) is 5.91 Å². The normalized spacial score (nSPS) is 11.6. The Morgan fingerprint density at radius 1 is 1.38 bits per heavy atom. The summed E-state index contributed by atoms with van der Waals surface area (Å²) >= 11 is 0. The fraction of sp³-hybridized carbons (Fsp3) is 0.917. The maximum absolute atomic E-state index is 11.3. The molecule has 0 unspecified atom stereocenters. The number of rotatable bonds is 8. The Morgan fingerprint density at radius 2 is 2.00 bits per heavy atom. The second-order valence-electron chi connectivity index (χ2n) is 4.76. The zero-order valence-corrected chi connectivity index (χ0v) is 11.3. The number of amides is 1. The van der Waals surface area contributed by atoms with E-state index in [-0.39, 0.29) is 11.5 Å². The topological polar surface area (TPSA) is 41.6 Å². The van der Waals surface area contributed by atoms with Gasteiger partial charge in [-0.2, -0.15) is 0 Å². The van der Waals surface area contributed by atoms with Crippen LogP contribution in [-0.2, 0) is 9.53 Å². The maximum Gasteiger partial charge on any atom is 0.222 e. The van der Waals surface area contributed by atoms with E-state index < -0.39 is 0 Å². The molecule has 1 N–H and O–H groups in total. The Labute approximate surface area is 99.3 Å². The molecule has 0 aliphatic heterocycles. The molecular formula is C12H26N2O2. The largest absolute Gasteiger partial charge is 0.375 e. The summed E-state index contributed by atoms with van der Waals surface area (Å²) in [5.41, 5.74) is -0.125. The third-order valence-electron chi connectivity index (χ3n) is 2.33. The molecule has 0 fully saturated rings. The lowest BCUT2D eigenvalue weighted by Crippen LogP contribution is -2.38. The summed E-state index contributed by atoms with van der Waals surface area (Å²) in [7, 11) is 3.57. The highest BCUT2D eigenvalue weighted by atomic mass is 16.5. The number of nitrogens with one attached hydrogen (secondary N) is 1. The summed E-state index contributed by atoms with van der Waals surface area (Å²) in [4.78, 5) is 12.9. The number of carbonyl (C=O) groups excluding carboxylic acids is 1. The van der Waals surface area contributed by atoms with Crippen LogP contribution in [0.2, 0.25) is 0 Å². The van der Waals surface area contributed by atoms with Crippen LogP contribution in [0.5, 0.6) is 0 Å². The molecule has 0 atom stereocenters. The zero-order valence-electron chi connectivity index (χ0n) is 11.3. The molecule has 0 saturated heterocycles. The van der Waals surface area contributed by atoms with Crippen LogP contribution in [0.1, 0.15) is 33.6 Å². The van der Waals surface area contributed by atoms with Gasteiger partial charge in [0, 0.05) is 33.7 Å². The summed E-state index contributed by atoms with van der Waals surface area (Å²) in [6.07, 6.45) is 1.48.